The molecule has 0 amide bonds. The summed E-state index contributed by atoms with van der Waals surface area (Å²) in [4.78, 5) is 4.68. The standard InChI is InChI=1S/C19H30N2O3S/c22-17-4-6-20(7-5-17)14-18(23)15-24-19-3-1-2-16(12-19)13-21-8-10-25-11-9-21/h1-3,12,17-18,22-23H,4-11,13-15H2. The maximum absolute atomic E-state index is 10.2. The molecule has 2 saturated heterocycles. The van der Waals surface area contributed by atoms with Crippen LogP contribution in [0.1, 0.15) is 18.4 Å². The van der Waals surface area contributed by atoms with Gasteiger partial charge in [0.15, 0.2) is 0 Å². The van der Waals surface area contributed by atoms with E-state index in [-0.39, 0.29) is 6.10 Å². The van der Waals surface area contributed by atoms with Crippen LogP contribution in [0.3, 0.4) is 0 Å². The van der Waals surface area contributed by atoms with E-state index in [1.54, 1.807) is 0 Å². The van der Waals surface area contributed by atoms with E-state index in [4.69, 9.17) is 4.74 Å². The molecular formula is C19H30N2O3S. The molecule has 0 radical (unpaired) electrons. The SMILES string of the molecule is OC1CCN(CC(O)COc2cccc(CN3CCSCC3)c2)CC1. The molecule has 2 aliphatic heterocycles. The summed E-state index contributed by atoms with van der Waals surface area (Å²) in [6.07, 6.45) is 0.916. The van der Waals surface area contributed by atoms with Crippen LogP contribution in [0.25, 0.3) is 0 Å². The van der Waals surface area contributed by atoms with Crippen molar-refractivity contribution in [3.05, 3.63) is 29.8 Å². The van der Waals surface area contributed by atoms with Gasteiger partial charge in [0, 0.05) is 50.8 Å². The molecule has 0 bridgehead atoms. The summed E-state index contributed by atoms with van der Waals surface area (Å²) in [6, 6.07) is 8.22. The van der Waals surface area contributed by atoms with E-state index in [0.29, 0.717) is 13.2 Å². The highest BCUT2D eigenvalue weighted by Gasteiger charge is 2.19. The lowest BCUT2D eigenvalue weighted by Crippen LogP contribution is -2.41. The number of thioether (sulfide) groups is 1. The molecule has 1 atom stereocenters. The minimum atomic E-state index is -0.502. The summed E-state index contributed by atoms with van der Waals surface area (Å²) in [6.45, 7) is 5.89. The number of likely N-dealkylation sites (tertiary alicyclic amines) is 1. The largest absolute Gasteiger partial charge is 0.491 e. The average molecular weight is 367 g/mol. The van der Waals surface area contributed by atoms with Crippen LogP contribution < -0.4 is 4.74 Å². The lowest BCUT2D eigenvalue weighted by Gasteiger charge is -2.30. The van der Waals surface area contributed by atoms with E-state index in [2.05, 4.69) is 21.9 Å². The van der Waals surface area contributed by atoms with Crippen LogP contribution in [0.4, 0.5) is 0 Å². The van der Waals surface area contributed by atoms with Gasteiger partial charge in [-0.3, -0.25) is 4.90 Å². The normalized spacial score (nSPS) is 22.0. The van der Waals surface area contributed by atoms with E-state index in [0.717, 1.165) is 51.3 Å². The Hall–Kier alpha value is -0.790. The minimum Gasteiger partial charge on any atom is -0.491 e. The first-order chi connectivity index (χ1) is 12.2. The molecule has 25 heavy (non-hydrogen) atoms. The van der Waals surface area contributed by atoms with E-state index in [1.165, 1.54) is 17.1 Å². The van der Waals surface area contributed by atoms with Gasteiger partial charge in [-0.05, 0) is 30.5 Å². The number of hydrogen-bond donors (Lipinski definition) is 2. The molecule has 140 valence electrons. The van der Waals surface area contributed by atoms with Crippen molar-refractivity contribution in [3.63, 3.8) is 0 Å². The third-order valence-electron chi connectivity index (χ3n) is 4.88. The van der Waals surface area contributed by atoms with E-state index >= 15 is 0 Å². The third-order valence-corrected chi connectivity index (χ3v) is 5.82. The molecular weight excluding hydrogens is 336 g/mol. The summed E-state index contributed by atoms with van der Waals surface area (Å²) >= 11 is 2.03. The summed E-state index contributed by atoms with van der Waals surface area (Å²) in [7, 11) is 0. The molecule has 2 N–H and O–H groups in total. The highest BCUT2D eigenvalue weighted by atomic mass is 32.2. The van der Waals surface area contributed by atoms with Crippen molar-refractivity contribution in [2.45, 2.75) is 31.6 Å². The molecule has 2 fully saturated rings. The van der Waals surface area contributed by atoms with Gasteiger partial charge < -0.3 is 19.8 Å². The first-order valence-corrected chi connectivity index (χ1v) is 10.4. The van der Waals surface area contributed by atoms with Gasteiger partial charge in [0.2, 0.25) is 0 Å². The fourth-order valence-electron chi connectivity index (χ4n) is 3.40. The zero-order valence-corrected chi connectivity index (χ0v) is 15.7. The maximum Gasteiger partial charge on any atom is 0.119 e. The fraction of sp³-hybridized carbons (Fsp3) is 0.684. The number of benzene rings is 1. The zero-order chi connectivity index (χ0) is 17.5. The maximum atomic E-state index is 10.2. The lowest BCUT2D eigenvalue weighted by molar-refractivity contribution is 0.0337. The van der Waals surface area contributed by atoms with E-state index in [1.807, 2.05) is 23.9 Å². The van der Waals surface area contributed by atoms with Gasteiger partial charge in [-0.25, -0.2) is 0 Å². The molecule has 6 heteroatoms. The Morgan fingerprint density at radius 1 is 1.12 bits per heavy atom. The van der Waals surface area contributed by atoms with Crippen LogP contribution in [0.2, 0.25) is 0 Å². The predicted octanol–water partition coefficient (Wildman–Crippen LogP) is 1.43. The second-order valence-electron chi connectivity index (χ2n) is 7.03. The molecule has 1 unspecified atom stereocenters. The Morgan fingerprint density at radius 2 is 1.88 bits per heavy atom. The number of piperidine rings is 1. The Kier molecular flexibility index (Phi) is 7.43. The van der Waals surface area contributed by atoms with Crippen molar-refractivity contribution in [2.75, 3.05) is 50.8 Å². The van der Waals surface area contributed by atoms with Crippen LogP contribution in [-0.4, -0.2) is 83.1 Å². The Bertz CT molecular complexity index is 517. The van der Waals surface area contributed by atoms with Crippen LogP contribution in [0.15, 0.2) is 24.3 Å². The smallest absolute Gasteiger partial charge is 0.119 e. The van der Waals surface area contributed by atoms with E-state index < -0.39 is 6.10 Å². The minimum absolute atomic E-state index is 0.175. The molecule has 1 aromatic carbocycles. The van der Waals surface area contributed by atoms with Crippen molar-refractivity contribution in [3.8, 4) is 5.75 Å². The molecule has 0 saturated carbocycles. The lowest BCUT2D eigenvalue weighted by atomic mass is 10.1. The zero-order valence-electron chi connectivity index (χ0n) is 14.8. The number of β-amino-alcohol motifs (C(OH)–C–C–N with tert-alkyl or cyclic N) is 1. The van der Waals surface area contributed by atoms with Crippen LogP contribution in [0.5, 0.6) is 5.75 Å². The van der Waals surface area contributed by atoms with Crippen LogP contribution >= 0.6 is 11.8 Å². The van der Waals surface area contributed by atoms with Gasteiger partial charge in [0.05, 0.1) is 6.10 Å². The topological polar surface area (TPSA) is 56.2 Å². The second kappa shape index (κ2) is 9.78. The fourth-order valence-corrected chi connectivity index (χ4v) is 4.37. The van der Waals surface area contributed by atoms with Gasteiger partial charge in [-0.15, -0.1) is 0 Å². The molecule has 0 aromatic heterocycles. The van der Waals surface area contributed by atoms with Crippen molar-refractivity contribution < 1.29 is 14.9 Å². The number of aliphatic hydroxyl groups excluding tert-OH is 2. The van der Waals surface area contributed by atoms with Gasteiger partial charge >= 0.3 is 0 Å². The summed E-state index contributed by atoms with van der Waals surface area (Å²) in [5, 5.41) is 19.8. The predicted molar refractivity (Wildman–Crippen MR) is 102 cm³/mol. The summed E-state index contributed by atoms with van der Waals surface area (Å²) < 4.78 is 5.81. The van der Waals surface area contributed by atoms with Crippen LogP contribution in [0, 0.1) is 0 Å². The molecule has 2 heterocycles. The quantitative estimate of drug-likeness (QED) is 0.761. The first kappa shape index (κ1) is 19.0. The Morgan fingerprint density at radius 3 is 2.64 bits per heavy atom. The Labute approximate surface area is 155 Å². The highest BCUT2D eigenvalue weighted by molar-refractivity contribution is 7.99. The monoisotopic (exact) mass is 366 g/mol. The van der Waals surface area contributed by atoms with Crippen molar-refractivity contribution in [1.29, 1.82) is 0 Å². The third kappa shape index (κ3) is 6.46. The average Bonchev–Trinajstić information content (AvgIpc) is 2.63. The van der Waals surface area contributed by atoms with Gasteiger partial charge in [0.25, 0.3) is 0 Å². The van der Waals surface area contributed by atoms with Crippen molar-refractivity contribution in [1.82, 2.24) is 9.80 Å². The second-order valence-corrected chi connectivity index (χ2v) is 8.26. The van der Waals surface area contributed by atoms with E-state index in [9.17, 15) is 10.2 Å². The van der Waals surface area contributed by atoms with Gasteiger partial charge in [-0.2, -0.15) is 11.8 Å². The number of ether oxygens (including phenoxy) is 1. The number of aliphatic hydroxyl groups is 2. The van der Waals surface area contributed by atoms with Crippen molar-refractivity contribution in [2.24, 2.45) is 0 Å². The number of nitrogens with zero attached hydrogens (tertiary/aromatic N) is 2. The highest BCUT2D eigenvalue weighted by Crippen LogP contribution is 2.18. The summed E-state index contributed by atoms with van der Waals surface area (Å²) in [5.41, 5.74) is 1.27. The summed E-state index contributed by atoms with van der Waals surface area (Å²) in [5.74, 6) is 3.27. The van der Waals surface area contributed by atoms with Crippen molar-refractivity contribution >= 4 is 11.8 Å². The molecule has 5 nitrogen and oxygen atoms in total. The number of rotatable bonds is 7. The molecule has 0 spiro atoms. The first-order valence-electron chi connectivity index (χ1n) is 9.29. The molecule has 2 aliphatic rings. The Balaban J connectivity index is 1.42. The van der Waals surface area contributed by atoms with Gasteiger partial charge in [-0.1, -0.05) is 12.1 Å². The molecule has 1 aromatic rings. The number of hydrogen-bond acceptors (Lipinski definition) is 6. The van der Waals surface area contributed by atoms with Gasteiger partial charge in [0.1, 0.15) is 18.5 Å². The molecule has 0 aliphatic carbocycles. The van der Waals surface area contributed by atoms with Crippen LogP contribution in [-0.2, 0) is 6.54 Å². The molecule has 3 rings (SSSR count).